The quantitative estimate of drug-likeness (QED) is 0.560. The van der Waals surface area contributed by atoms with E-state index in [1.165, 1.54) is 11.1 Å². The van der Waals surface area contributed by atoms with Crippen LogP contribution in [0.4, 0.5) is 0 Å². The van der Waals surface area contributed by atoms with Crippen molar-refractivity contribution in [2.45, 2.75) is 40.5 Å². The molecule has 0 nitrogen and oxygen atoms in total. The average molecular weight is 307 g/mol. The topological polar surface area (TPSA) is 0 Å². The van der Waals surface area contributed by atoms with Crippen molar-refractivity contribution in [3.63, 3.8) is 0 Å². The van der Waals surface area contributed by atoms with Crippen molar-refractivity contribution >= 4 is 0 Å². The number of allylic oxidation sites excluding steroid dienone is 8. The predicted octanol–water partition coefficient (Wildman–Crippen LogP) is 4.87. The minimum atomic E-state index is 0. The first-order chi connectivity index (χ1) is 7.00. The van der Waals surface area contributed by atoms with E-state index in [-0.39, 0.29) is 33.6 Å². The Labute approximate surface area is 127 Å². The SMILES string of the molecule is CC1=[C-]CC(C(C)(C)C)=C1.[C-]1=CC=CC1.[CH3-].[Zr+3]. The zero-order valence-corrected chi connectivity index (χ0v) is 14.2. The third-order valence-electron chi connectivity index (χ3n) is 2.50. The third kappa shape index (κ3) is 7.71. The molecule has 0 aromatic rings. The van der Waals surface area contributed by atoms with Gasteiger partial charge in [0.05, 0.1) is 0 Å². The fourth-order valence-corrected chi connectivity index (χ4v) is 1.42. The van der Waals surface area contributed by atoms with E-state index < -0.39 is 0 Å². The summed E-state index contributed by atoms with van der Waals surface area (Å²) in [6.45, 7) is 8.86. The fraction of sp³-hybridized carbons (Fsp3) is 0.438. The largest absolute Gasteiger partial charge is 3.00 e. The Morgan fingerprint density at radius 1 is 1.24 bits per heavy atom. The summed E-state index contributed by atoms with van der Waals surface area (Å²) < 4.78 is 0. The summed E-state index contributed by atoms with van der Waals surface area (Å²) in [6.07, 6.45) is 16.6. The zero-order chi connectivity index (χ0) is 11.3. The van der Waals surface area contributed by atoms with E-state index in [2.05, 4.69) is 52.0 Å². The zero-order valence-electron chi connectivity index (χ0n) is 11.7. The summed E-state index contributed by atoms with van der Waals surface area (Å²) >= 11 is 0. The molecule has 0 spiro atoms. The summed E-state index contributed by atoms with van der Waals surface area (Å²) in [7, 11) is 0. The minimum Gasteiger partial charge on any atom is -0.358 e. The van der Waals surface area contributed by atoms with Crippen molar-refractivity contribution in [3.05, 3.63) is 55.0 Å². The summed E-state index contributed by atoms with van der Waals surface area (Å²) in [4.78, 5) is 0. The Hall–Kier alpha value is -0.157. The first-order valence-corrected chi connectivity index (χ1v) is 5.50. The Bertz CT molecular complexity index is 312. The van der Waals surface area contributed by atoms with Gasteiger partial charge in [0.25, 0.3) is 0 Å². The van der Waals surface area contributed by atoms with Crippen LogP contribution in [0.2, 0.25) is 0 Å². The maximum Gasteiger partial charge on any atom is 3.00 e. The van der Waals surface area contributed by atoms with Crippen LogP contribution in [0.5, 0.6) is 0 Å². The smallest absolute Gasteiger partial charge is 0.358 e. The van der Waals surface area contributed by atoms with E-state index in [9.17, 15) is 0 Å². The molecule has 2 rings (SSSR count). The second-order valence-electron chi connectivity index (χ2n) is 4.96. The first kappa shape index (κ1) is 19.2. The van der Waals surface area contributed by atoms with Gasteiger partial charge in [-0.1, -0.05) is 27.7 Å². The van der Waals surface area contributed by atoms with Crippen molar-refractivity contribution in [2.75, 3.05) is 0 Å². The molecule has 2 aliphatic carbocycles. The van der Waals surface area contributed by atoms with E-state index >= 15 is 0 Å². The molecule has 0 N–H and O–H groups in total. The van der Waals surface area contributed by atoms with Crippen molar-refractivity contribution in [3.8, 4) is 0 Å². The monoisotopic (exact) mass is 305 g/mol. The molecular weight excluding hydrogens is 283 g/mol. The average Bonchev–Trinajstić information content (AvgIpc) is 2.72. The predicted molar refractivity (Wildman–Crippen MR) is 72.6 cm³/mol. The van der Waals surface area contributed by atoms with Crippen LogP contribution in [0.25, 0.3) is 0 Å². The van der Waals surface area contributed by atoms with Gasteiger partial charge < -0.3 is 7.43 Å². The standard InChI is InChI=1S/C10H15.C5H5.CH3.Zr/c1-8-5-6-9(7-8)10(2,3)4;1-2-4-5-3-1;;/h7H,6H2,1-4H3;1-3H,4H2;1H3;/q3*-1;+3. The Morgan fingerprint density at radius 2 is 1.88 bits per heavy atom. The van der Waals surface area contributed by atoms with Gasteiger partial charge in [-0.15, -0.1) is 12.8 Å². The Kier molecular flexibility index (Phi) is 10.0. The van der Waals surface area contributed by atoms with Gasteiger partial charge >= 0.3 is 26.2 Å². The van der Waals surface area contributed by atoms with Gasteiger partial charge in [0.2, 0.25) is 0 Å². The molecule has 1 heteroatoms. The van der Waals surface area contributed by atoms with E-state index in [1.54, 1.807) is 0 Å². The number of hydrogen-bond donors (Lipinski definition) is 0. The molecule has 1 radical (unpaired) electrons. The molecule has 2 aliphatic rings. The Balaban J connectivity index is 0. The van der Waals surface area contributed by atoms with Crippen LogP contribution in [-0.4, -0.2) is 0 Å². The third-order valence-corrected chi connectivity index (χ3v) is 2.50. The number of hydrogen-bond acceptors (Lipinski definition) is 0. The van der Waals surface area contributed by atoms with Gasteiger partial charge in [0.15, 0.2) is 0 Å². The molecule has 0 amide bonds. The van der Waals surface area contributed by atoms with Crippen LogP contribution in [0.15, 0.2) is 35.5 Å². The fourth-order valence-electron chi connectivity index (χ4n) is 1.42. The first-order valence-electron chi connectivity index (χ1n) is 5.50. The molecule has 91 valence electrons. The second-order valence-corrected chi connectivity index (χ2v) is 4.96. The molecule has 0 heterocycles. The molecule has 0 atom stereocenters. The summed E-state index contributed by atoms with van der Waals surface area (Å²) in [5, 5.41) is 0. The number of rotatable bonds is 0. The molecule has 0 aliphatic heterocycles. The Morgan fingerprint density at radius 3 is 2.06 bits per heavy atom. The van der Waals surface area contributed by atoms with Gasteiger partial charge in [0, 0.05) is 0 Å². The second kappa shape index (κ2) is 8.86. The van der Waals surface area contributed by atoms with Crippen LogP contribution in [0.1, 0.15) is 40.5 Å². The molecule has 0 fully saturated rings. The minimum absolute atomic E-state index is 0. The van der Waals surface area contributed by atoms with Crippen LogP contribution in [0, 0.1) is 25.0 Å². The maximum atomic E-state index is 3.30. The molecule has 0 aromatic carbocycles. The van der Waals surface area contributed by atoms with Gasteiger partial charge in [-0.25, -0.2) is 23.8 Å². The van der Waals surface area contributed by atoms with Crippen LogP contribution < -0.4 is 0 Å². The van der Waals surface area contributed by atoms with Crippen LogP contribution in [-0.2, 0) is 26.2 Å². The van der Waals surface area contributed by atoms with Crippen molar-refractivity contribution in [2.24, 2.45) is 5.41 Å². The van der Waals surface area contributed by atoms with Gasteiger partial charge in [-0.05, 0) is 5.41 Å². The molecule has 0 aromatic heterocycles. The molecule has 0 saturated heterocycles. The van der Waals surface area contributed by atoms with Gasteiger partial charge in [-0.3, -0.25) is 12.2 Å². The van der Waals surface area contributed by atoms with Crippen molar-refractivity contribution < 1.29 is 26.2 Å². The summed E-state index contributed by atoms with van der Waals surface area (Å²) in [5.41, 5.74) is 3.14. The van der Waals surface area contributed by atoms with E-state index in [1.807, 2.05) is 12.2 Å². The van der Waals surface area contributed by atoms with Crippen LogP contribution in [0.3, 0.4) is 0 Å². The van der Waals surface area contributed by atoms with Gasteiger partial charge in [0.1, 0.15) is 0 Å². The molecular formula is C16H23Zr. The molecule has 17 heavy (non-hydrogen) atoms. The summed E-state index contributed by atoms with van der Waals surface area (Å²) in [6, 6.07) is 0. The van der Waals surface area contributed by atoms with Crippen molar-refractivity contribution in [1.82, 2.24) is 0 Å². The van der Waals surface area contributed by atoms with E-state index in [0.29, 0.717) is 5.41 Å². The maximum absolute atomic E-state index is 3.30. The molecule has 0 bridgehead atoms. The van der Waals surface area contributed by atoms with E-state index in [0.717, 1.165) is 12.8 Å². The summed E-state index contributed by atoms with van der Waals surface area (Å²) in [5.74, 6) is 0. The van der Waals surface area contributed by atoms with E-state index in [4.69, 9.17) is 0 Å². The van der Waals surface area contributed by atoms with Crippen LogP contribution >= 0.6 is 0 Å². The van der Waals surface area contributed by atoms with Gasteiger partial charge in [-0.2, -0.15) is 11.6 Å². The molecule has 0 unspecified atom stereocenters. The molecule has 0 saturated carbocycles. The normalized spacial score (nSPS) is 16.2. The van der Waals surface area contributed by atoms with Crippen molar-refractivity contribution in [1.29, 1.82) is 0 Å².